The minimum absolute atomic E-state index is 0.0374. The van der Waals surface area contributed by atoms with Crippen LogP contribution in [0.1, 0.15) is 54.5 Å². The highest BCUT2D eigenvalue weighted by Crippen LogP contribution is 2.44. The Labute approximate surface area is 210 Å². The lowest BCUT2D eigenvalue weighted by atomic mass is 9.84. The quantitative estimate of drug-likeness (QED) is 0.355. The van der Waals surface area contributed by atoms with Crippen LogP contribution in [-0.2, 0) is 14.9 Å². The van der Waals surface area contributed by atoms with Crippen molar-refractivity contribution in [1.82, 2.24) is 5.32 Å². The van der Waals surface area contributed by atoms with Crippen LogP contribution in [0.5, 0.6) is 0 Å². The minimum Gasteiger partial charge on any atom is -0.481 e. The first-order valence-electron chi connectivity index (χ1n) is 12.0. The highest BCUT2D eigenvalue weighted by atomic mass is 16.5. The van der Waals surface area contributed by atoms with Crippen LogP contribution >= 0.6 is 0 Å². The maximum absolute atomic E-state index is 12.3. The Kier molecular flexibility index (Phi) is 7.43. The number of rotatable bonds is 9. The predicted octanol–water partition coefficient (Wildman–Crippen LogP) is 4.37. The molecule has 0 bridgehead atoms. The van der Waals surface area contributed by atoms with Crippen molar-refractivity contribution in [1.29, 1.82) is 0 Å². The Bertz CT molecular complexity index is 1190. The molecular formula is C29H31NO6. The number of nitrogens with one attached hydrogen (secondary N) is 1. The van der Waals surface area contributed by atoms with E-state index in [-0.39, 0.29) is 25.5 Å². The standard InChI is InChI=1S/C29H31NO6/c1-29(2,27(33)34)19-13-11-18(12-14-19)26(32)25(31)15-16-30-28(35)36-17-24-22-9-5-3-7-20(22)21-8-4-6-10-23(21)24/h3-14,24-26,31-32H,15-17H2,1-2H3,(H,30,35)(H,33,34). The molecule has 0 aromatic heterocycles. The average Bonchev–Trinajstić information content (AvgIpc) is 3.20. The number of aliphatic hydroxyl groups is 2. The molecule has 0 saturated carbocycles. The van der Waals surface area contributed by atoms with Crippen LogP contribution in [0.25, 0.3) is 11.1 Å². The largest absolute Gasteiger partial charge is 0.481 e. The third-order valence-corrected chi connectivity index (χ3v) is 6.93. The molecule has 4 N–H and O–H groups in total. The van der Waals surface area contributed by atoms with E-state index in [0.29, 0.717) is 11.1 Å². The Balaban J connectivity index is 1.27. The summed E-state index contributed by atoms with van der Waals surface area (Å²) in [6.07, 6.45) is -2.75. The molecule has 2 atom stereocenters. The van der Waals surface area contributed by atoms with Crippen LogP contribution in [0, 0.1) is 0 Å². The molecule has 188 valence electrons. The Morgan fingerprint density at radius 2 is 1.47 bits per heavy atom. The number of hydrogen-bond acceptors (Lipinski definition) is 5. The molecule has 1 aliphatic carbocycles. The van der Waals surface area contributed by atoms with E-state index in [1.807, 2.05) is 36.4 Å². The second kappa shape index (κ2) is 10.5. The van der Waals surface area contributed by atoms with Gasteiger partial charge in [-0.05, 0) is 53.6 Å². The first-order valence-corrected chi connectivity index (χ1v) is 12.0. The van der Waals surface area contributed by atoms with E-state index in [1.165, 1.54) is 0 Å². The van der Waals surface area contributed by atoms with Gasteiger partial charge in [0.25, 0.3) is 0 Å². The van der Waals surface area contributed by atoms with Gasteiger partial charge in [-0.3, -0.25) is 4.79 Å². The van der Waals surface area contributed by atoms with Gasteiger partial charge in [0.1, 0.15) is 12.7 Å². The van der Waals surface area contributed by atoms with Crippen molar-refractivity contribution in [3.63, 3.8) is 0 Å². The lowest BCUT2D eigenvalue weighted by molar-refractivity contribution is -0.142. The van der Waals surface area contributed by atoms with Gasteiger partial charge >= 0.3 is 12.1 Å². The predicted molar refractivity (Wildman–Crippen MR) is 136 cm³/mol. The fourth-order valence-electron chi connectivity index (χ4n) is 4.57. The number of alkyl carbamates (subject to hydrolysis) is 1. The number of benzene rings is 3. The van der Waals surface area contributed by atoms with E-state index in [4.69, 9.17) is 4.74 Å². The molecular weight excluding hydrogens is 458 g/mol. The summed E-state index contributed by atoms with van der Waals surface area (Å²) >= 11 is 0. The number of amides is 1. The van der Waals surface area contributed by atoms with E-state index < -0.39 is 29.7 Å². The Morgan fingerprint density at radius 3 is 2.03 bits per heavy atom. The summed E-state index contributed by atoms with van der Waals surface area (Å²) < 4.78 is 5.49. The van der Waals surface area contributed by atoms with Crippen LogP contribution in [0.15, 0.2) is 72.8 Å². The lowest BCUT2D eigenvalue weighted by Crippen LogP contribution is -2.31. The summed E-state index contributed by atoms with van der Waals surface area (Å²) in [7, 11) is 0. The van der Waals surface area contributed by atoms with E-state index in [1.54, 1.807) is 38.1 Å². The zero-order valence-electron chi connectivity index (χ0n) is 20.3. The SMILES string of the molecule is CC(C)(C(=O)O)c1ccc(C(O)C(O)CCNC(=O)OCC2c3ccccc3-c3ccccc32)cc1. The monoisotopic (exact) mass is 489 g/mol. The number of hydrogen-bond donors (Lipinski definition) is 4. The minimum atomic E-state index is -1.17. The summed E-state index contributed by atoms with van der Waals surface area (Å²) in [5.74, 6) is -0.986. The van der Waals surface area contributed by atoms with Crippen LogP contribution in [-0.4, -0.2) is 46.6 Å². The van der Waals surface area contributed by atoms with Gasteiger partial charge < -0.3 is 25.4 Å². The van der Waals surface area contributed by atoms with Crippen molar-refractivity contribution in [2.45, 2.75) is 43.8 Å². The number of aliphatic hydroxyl groups excluding tert-OH is 2. The van der Waals surface area contributed by atoms with Gasteiger partial charge in [0.15, 0.2) is 0 Å². The molecule has 7 nitrogen and oxygen atoms in total. The van der Waals surface area contributed by atoms with Crippen molar-refractivity contribution in [3.05, 3.63) is 95.1 Å². The first-order chi connectivity index (χ1) is 17.2. The summed E-state index contributed by atoms with van der Waals surface area (Å²) in [5.41, 5.74) is 4.56. The van der Waals surface area contributed by atoms with Gasteiger partial charge in [-0.15, -0.1) is 0 Å². The molecule has 3 aromatic carbocycles. The van der Waals surface area contributed by atoms with E-state index in [2.05, 4.69) is 17.4 Å². The van der Waals surface area contributed by atoms with Gasteiger partial charge in [0.05, 0.1) is 11.5 Å². The molecule has 36 heavy (non-hydrogen) atoms. The van der Waals surface area contributed by atoms with Gasteiger partial charge in [0, 0.05) is 12.5 Å². The fourth-order valence-corrected chi connectivity index (χ4v) is 4.57. The smallest absolute Gasteiger partial charge is 0.407 e. The molecule has 0 aliphatic heterocycles. The van der Waals surface area contributed by atoms with Gasteiger partial charge in [0.2, 0.25) is 0 Å². The van der Waals surface area contributed by atoms with Crippen molar-refractivity contribution in [2.75, 3.05) is 13.2 Å². The Morgan fingerprint density at radius 1 is 0.917 bits per heavy atom. The average molecular weight is 490 g/mol. The molecule has 3 aromatic rings. The molecule has 0 spiro atoms. The molecule has 2 unspecified atom stereocenters. The van der Waals surface area contributed by atoms with Crippen molar-refractivity contribution < 1.29 is 29.6 Å². The number of ether oxygens (including phenoxy) is 1. The zero-order chi connectivity index (χ0) is 25.9. The Hall–Kier alpha value is -3.68. The normalized spacial score (nSPS) is 14.4. The number of fused-ring (bicyclic) bond motifs is 3. The third-order valence-electron chi connectivity index (χ3n) is 6.93. The lowest BCUT2D eigenvalue weighted by Gasteiger charge is -2.22. The van der Waals surface area contributed by atoms with E-state index >= 15 is 0 Å². The van der Waals surface area contributed by atoms with E-state index in [0.717, 1.165) is 22.3 Å². The number of carbonyl (C=O) groups is 2. The molecule has 1 amide bonds. The van der Waals surface area contributed by atoms with Gasteiger partial charge in [-0.2, -0.15) is 0 Å². The molecule has 0 heterocycles. The van der Waals surface area contributed by atoms with Crippen LogP contribution in [0.3, 0.4) is 0 Å². The maximum Gasteiger partial charge on any atom is 0.407 e. The van der Waals surface area contributed by atoms with Crippen LogP contribution < -0.4 is 5.32 Å². The first kappa shape index (κ1) is 25.4. The fraction of sp³-hybridized carbons (Fsp3) is 0.310. The van der Waals surface area contributed by atoms with Gasteiger partial charge in [-0.25, -0.2) is 4.79 Å². The summed E-state index contributed by atoms with van der Waals surface area (Å²) in [4.78, 5) is 23.7. The number of carbonyl (C=O) groups excluding carboxylic acids is 1. The maximum atomic E-state index is 12.3. The summed E-state index contributed by atoms with van der Waals surface area (Å²) in [6.45, 7) is 3.53. The third kappa shape index (κ3) is 5.12. The zero-order valence-corrected chi connectivity index (χ0v) is 20.3. The second-order valence-corrected chi connectivity index (χ2v) is 9.61. The topological polar surface area (TPSA) is 116 Å². The summed E-state index contributed by atoms with van der Waals surface area (Å²) in [5, 5.41) is 32.9. The number of aliphatic carboxylic acids is 1. The summed E-state index contributed by atoms with van der Waals surface area (Å²) in [6, 6.07) is 22.7. The van der Waals surface area contributed by atoms with E-state index in [9.17, 15) is 24.9 Å². The van der Waals surface area contributed by atoms with Crippen molar-refractivity contribution in [3.8, 4) is 11.1 Å². The van der Waals surface area contributed by atoms with Crippen molar-refractivity contribution in [2.24, 2.45) is 0 Å². The second-order valence-electron chi connectivity index (χ2n) is 9.61. The van der Waals surface area contributed by atoms with Crippen molar-refractivity contribution >= 4 is 12.1 Å². The van der Waals surface area contributed by atoms with Gasteiger partial charge in [-0.1, -0.05) is 72.8 Å². The molecule has 1 aliphatic rings. The molecule has 0 fully saturated rings. The highest BCUT2D eigenvalue weighted by molar-refractivity contribution is 5.80. The number of carboxylic acids is 1. The number of carboxylic acid groups (broad SMARTS) is 1. The molecule has 7 heteroatoms. The molecule has 0 saturated heterocycles. The van der Waals surface area contributed by atoms with Crippen LogP contribution in [0.4, 0.5) is 4.79 Å². The van der Waals surface area contributed by atoms with Crippen LogP contribution in [0.2, 0.25) is 0 Å². The highest BCUT2D eigenvalue weighted by Gasteiger charge is 2.30. The molecule has 0 radical (unpaired) electrons. The molecule has 4 rings (SSSR count).